The monoisotopic (exact) mass is 351 g/mol. The minimum Gasteiger partial charge on any atom is -0.254 e. The molecule has 0 aliphatic heterocycles. The van der Waals surface area contributed by atoms with Gasteiger partial charge < -0.3 is 0 Å². The third-order valence-corrected chi connectivity index (χ3v) is 6.54. The van der Waals surface area contributed by atoms with E-state index in [9.17, 15) is 8.42 Å². The van der Waals surface area contributed by atoms with E-state index >= 15 is 0 Å². The van der Waals surface area contributed by atoms with Crippen LogP contribution in [0.4, 0.5) is 0 Å². The first-order chi connectivity index (χ1) is 12.1. The summed E-state index contributed by atoms with van der Waals surface area (Å²) < 4.78 is 27.7. The van der Waals surface area contributed by atoms with E-state index in [1.54, 1.807) is 36.7 Å². The van der Waals surface area contributed by atoms with Gasteiger partial charge in [0.2, 0.25) is 0 Å². The molecule has 1 fully saturated rings. The number of nitriles is 1. The highest BCUT2D eigenvalue weighted by Gasteiger charge is 2.26. The van der Waals surface area contributed by atoms with E-state index in [0.29, 0.717) is 17.0 Å². The molecular formula is C19H17N3O2S. The summed E-state index contributed by atoms with van der Waals surface area (Å²) in [5, 5.41) is 9.06. The van der Waals surface area contributed by atoms with Crippen molar-refractivity contribution in [2.24, 2.45) is 0 Å². The molecule has 4 rings (SSSR count). The first-order valence-corrected chi connectivity index (χ1v) is 9.77. The van der Waals surface area contributed by atoms with E-state index in [-0.39, 0.29) is 4.90 Å². The van der Waals surface area contributed by atoms with E-state index in [4.69, 9.17) is 5.26 Å². The zero-order valence-corrected chi connectivity index (χ0v) is 14.4. The van der Waals surface area contributed by atoms with Crippen LogP contribution in [0.2, 0.25) is 0 Å². The van der Waals surface area contributed by atoms with E-state index in [1.165, 1.54) is 28.9 Å². The fourth-order valence-corrected chi connectivity index (χ4v) is 5.04. The third kappa shape index (κ3) is 2.61. The summed E-state index contributed by atoms with van der Waals surface area (Å²) in [5.41, 5.74) is 2.68. The Morgan fingerprint density at radius 3 is 2.72 bits per heavy atom. The molecular weight excluding hydrogens is 334 g/mol. The molecule has 2 aromatic heterocycles. The van der Waals surface area contributed by atoms with E-state index in [2.05, 4.69) is 4.98 Å². The van der Waals surface area contributed by atoms with E-state index in [1.807, 2.05) is 6.07 Å². The van der Waals surface area contributed by atoms with Crippen LogP contribution in [0.25, 0.3) is 11.0 Å². The van der Waals surface area contributed by atoms with Gasteiger partial charge in [-0.15, -0.1) is 0 Å². The van der Waals surface area contributed by atoms with E-state index in [0.717, 1.165) is 23.9 Å². The predicted molar refractivity (Wildman–Crippen MR) is 94.7 cm³/mol. The largest absolute Gasteiger partial charge is 0.268 e. The van der Waals surface area contributed by atoms with Crippen LogP contribution in [-0.4, -0.2) is 17.4 Å². The van der Waals surface area contributed by atoms with Crippen molar-refractivity contribution in [3.05, 3.63) is 59.9 Å². The van der Waals surface area contributed by atoms with Gasteiger partial charge in [0.1, 0.15) is 0 Å². The van der Waals surface area contributed by atoms with Gasteiger partial charge in [0.15, 0.2) is 0 Å². The van der Waals surface area contributed by atoms with Gasteiger partial charge in [-0.1, -0.05) is 18.9 Å². The number of aromatic nitrogens is 2. The van der Waals surface area contributed by atoms with Crippen LogP contribution < -0.4 is 0 Å². The summed E-state index contributed by atoms with van der Waals surface area (Å²) in [6.45, 7) is 0. The molecule has 1 aromatic carbocycles. The average molecular weight is 351 g/mol. The quantitative estimate of drug-likeness (QED) is 0.719. The Hall–Kier alpha value is -2.65. The SMILES string of the molecule is N#Cc1cccc(S(=O)(=O)n2cc(C3CCCC3)c3ncccc32)c1. The van der Waals surface area contributed by atoms with Gasteiger partial charge in [0.25, 0.3) is 10.0 Å². The lowest BCUT2D eigenvalue weighted by Gasteiger charge is -2.08. The average Bonchev–Trinajstić information content (AvgIpc) is 3.29. The van der Waals surface area contributed by atoms with Crippen molar-refractivity contribution in [2.75, 3.05) is 0 Å². The smallest absolute Gasteiger partial charge is 0.254 e. The van der Waals surface area contributed by atoms with Crippen molar-refractivity contribution in [3.63, 3.8) is 0 Å². The van der Waals surface area contributed by atoms with Crippen molar-refractivity contribution in [2.45, 2.75) is 36.5 Å². The van der Waals surface area contributed by atoms with Crippen molar-refractivity contribution in [1.82, 2.24) is 8.96 Å². The lowest BCUT2D eigenvalue weighted by atomic mass is 10.00. The maximum atomic E-state index is 13.2. The molecule has 5 nitrogen and oxygen atoms in total. The maximum absolute atomic E-state index is 13.2. The van der Waals surface area contributed by atoms with Gasteiger partial charge >= 0.3 is 0 Å². The normalized spacial score (nSPS) is 15.5. The van der Waals surface area contributed by atoms with Crippen LogP contribution >= 0.6 is 0 Å². The zero-order chi connectivity index (χ0) is 17.4. The molecule has 2 heterocycles. The van der Waals surface area contributed by atoms with Gasteiger partial charge in [-0.3, -0.25) is 4.98 Å². The molecule has 3 aromatic rings. The van der Waals surface area contributed by atoms with Crippen LogP contribution in [-0.2, 0) is 10.0 Å². The lowest BCUT2D eigenvalue weighted by Crippen LogP contribution is -2.12. The summed E-state index contributed by atoms with van der Waals surface area (Å²) in [6.07, 6.45) is 7.90. The summed E-state index contributed by atoms with van der Waals surface area (Å²) in [4.78, 5) is 4.57. The number of hydrogen-bond donors (Lipinski definition) is 0. The molecule has 1 aliphatic carbocycles. The number of benzene rings is 1. The molecule has 0 N–H and O–H groups in total. The molecule has 0 bridgehead atoms. The minimum absolute atomic E-state index is 0.116. The van der Waals surface area contributed by atoms with Gasteiger partial charge in [0, 0.05) is 18.0 Å². The molecule has 0 radical (unpaired) electrons. The number of hydrogen-bond acceptors (Lipinski definition) is 4. The molecule has 25 heavy (non-hydrogen) atoms. The topological polar surface area (TPSA) is 75.8 Å². The Kier molecular flexibility index (Phi) is 3.81. The Labute approximate surface area is 146 Å². The third-order valence-electron chi connectivity index (χ3n) is 4.87. The highest BCUT2D eigenvalue weighted by Crippen LogP contribution is 2.38. The van der Waals surface area contributed by atoms with E-state index < -0.39 is 10.0 Å². The van der Waals surface area contributed by atoms with Gasteiger partial charge in [0.05, 0.1) is 27.6 Å². The molecule has 0 unspecified atom stereocenters. The van der Waals surface area contributed by atoms with Crippen LogP contribution in [0.5, 0.6) is 0 Å². The van der Waals surface area contributed by atoms with Crippen LogP contribution in [0.15, 0.2) is 53.7 Å². The van der Waals surface area contributed by atoms with Gasteiger partial charge in [-0.25, -0.2) is 12.4 Å². The van der Waals surface area contributed by atoms with Crippen molar-refractivity contribution < 1.29 is 8.42 Å². The van der Waals surface area contributed by atoms with Crippen molar-refractivity contribution in [1.29, 1.82) is 5.26 Å². The predicted octanol–water partition coefficient (Wildman–Crippen LogP) is 3.80. The standard InChI is InChI=1S/C19H17N3O2S/c20-12-14-5-3-8-16(11-14)25(23,24)22-13-17(15-6-1-2-7-15)19-18(22)9-4-10-21-19/h3-5,8-11,13,15H,1-2,6-7H2. The second-order valence-electron chi connectivity index (χ2n) is 6.38. The maximum Gasteiger partial charge on any atom is 0.268 e. The molecule has 0 atom stereocenters. The zero-order valence-electron chi connectivity index (χ0n) is 13.6. The second kappa shape index (κ2) is 6.01. The highest BCUT2D eigenvalue weighted by atomic mass is 32.2. The lowest BCUT2D eigenvalue weighted by molar-refractivity contribution is 0.588. The number of fused-ring (bicyclic) bond motifs is 1. The summed E-state index contributed by atoms with van der Waals surface area (Å²) in [6, 6.07) is 11.6. The highest BCUT2D eigenvalue weighted by molar-refractivity contribution is 7.90. The molecule has 126 valence electrons. The van der Waals surface area contributed by atoms with Crippen molar-refractivity contribution >= 4 is 21.1 Å². The molecule has 1 saturated carbocycles. The first-order valence-electron chi connectivity index (χ1n) is 8.33. The Morgan fingerprint density at radius 2 is 1.96 bits per heavy atom. The van der Waals surface area contributed by atoms with Crippen LogP contribution in [0, 0.1) is 11.3 Å². The molecule has 0 saturated heterocycles. The molecule has 6 heteroatoms. The number of rotatable bonds is 3. The minimum atomic E-state index is -3.78. The van der Waals surface area contributed by atoms with Gasteiger partial charge in [-0.05, 0) is 49.1 Å². The summed E-state index contributed by atoms with van der Waals surface area (Å²) in [5.74, 6) is 0.360. The molecule has 0 amide bonds. The molecule has 0 spiro atoms. The fourth-order valence-electron chi connectivity index (χ4n) is 3.63. The fraction of sp³-hybridized carbons (Fsp3) is 0.263. The van der Waals surface area contributed by atoms with Crippen LogP contribution in [0.1, 0.15) is 42.7 Å². The Morgan fingerprint density at radius 1 is 1.16 bits per heavy atom. The Bertz CT molecular complexity index is 1090. The Balaban J connectivity index is 1.93. The molecule has 1 aliphatic rings. The summed E-state index contributed by atoms with van der Waals surface area (Å²) >= 11 is 0. The second-order valence-corrected chi connectivity index (χ2v) is 8.19. The number of pyridine rings is 1. The first kappa shape index (κ1) is 15.9. The van der Waals surface area contributed by atoms with Gasteiger partial charge in [-0.2, -0.15) is 5.26 Å². The van der Waals surface area contributed by atoms with Crippen LogP contribution in [0.3, 0.4) is 0 Å². The number of nitrogens with zero attached hydrogens (tertiary/aromatic N) is 3. The van der Waals surface area contributed by atoms with Crippen molar-refractivity contribution in [3.8, 4) is 6.07 Å². The summed E-state index contributed by atoms with van der Waals surface area (Å²) in [7, 11) is -3.78.